The number of hydrogen-bond acceptors (Lipinski definition) is 5. The number of benzene rings is 1. The van der Waals surface area contributed by atoms with Crippen LogP contribution in [0.5, 0.6) is 11.5 Å². The molecule has 122 valence electrons. The summed E-state index contributed by atoms with van der Waals surface area (Å²) < 4.78 is 24.7. The van der Waals surface area contributed by atoms with Gasteiger partial charge < -0.3 is 14.4 Å². The average molecular weight is 317 g/mol. The number of nitrogens with zero attached hydrogens (tertiary/aromatic N) is 3. The SMILES string of the molecule is COc1ccc2c(c1)OC[C@@H](Cc1ncc(F)c(N(C)C)n1)C2. The van der Waals surface area contributed by atoms with Crippen LogP contribution >= 0.6 is 0 Å². The standard InChI is InChI=1S/C17H20FN3O2/c1-21(2)17-14(18)9-19-16(20-17)7-11-6-12-4-5-13(22-3)8-15(12)23-10-11/h4-5,8-9,11H,6-7,10H2,1-3H3/t11-/m1/s1. The van der Waals surface area contributed by atoms with Gasteiger partial charge >= 0.3 is 0 Å². The lowest BCUT2D eigenvalue weighted by Crippen LogP contribution is -2.24. The maximum atomic E-state index is 13.7. The molecule has 0 bridgehead atoms. The minimum Gasteiger partial charge on any atom is -0.497 e. The van der Waals surface area contributed by atoms with Crippen LogP contribution in [-0.2, 0) is 12.8 Å². The molecular weight excluding hydrogens is 297 g/mol. The number of fused-ring (bicyclic) bond motifs is 1. The van der Waals surface area contributed by atoms with Crippen LogP contribution in [0.1, 0.15) is 11.4 Å². The first-order valence-electron chi connectivity index (χ1n) is 7.55. The Kier molecular flexibility index (Phi) is 4.32. The first kappa shape index (κ1) is 15.5. The second-order valence-corrected chi connectivity index (χ2v) is 5.91. The van der Waals surface area contributed by atoms with Gasteiger partial charge in [0, 0.05) is 32.5 Å². The summed E-state index contributed by atoms with van der Waals surface area (Å²) >= 11 is 0. The molecule has 23 heavy (non-hydrogen) atoms. The Morgan fingerprint density at radius 3 is 2.96 bits per heavy atom. The molecule has 0 N–H and O–H groups in total. The highest BCUT2D eigenvalue weighted by molar-refractivity contribution is 5.42. The fourth-order valence-corrected chi connectivity index (χ4v) is 2.74. The maximum absolute atomic E-state index is 13.7. The second kappa shape index (κ2) is 6.40. The molecule has 0 amide bonds. The van der Waals surface area contributed by atoms with E-state index in [1.807, 2.05) is 18.2 Å². The van der Waals surface area contributed by atoms with E-state index in [1.54, 1.807) is 26.1 Å². The Hall–Kier alpha value is -2.37. The van der Waals surface area contributed by atoms with Crippen LogP contribution in [0.25, 0.3) is 0 Å². The number of anilines is 1. The molecule has 1 aliphatic rings. The first-order chi connectivity index (χ1) is 11.1. The first-order valence-corrected chi connectivity index (χ1v) is 7.55. The smallest absolute Gasteiger partial charge is 0.183 e. The van der Waals surface area contributed by atoms with E-state index in [0.717, 1.165) is 23.5 Å². The van der Waals surface area contributed by atoms with Gasteiger partial charge in [0.25, 0.3) is 0 Å². The van der Waals surface area contributed by atoms with Gasteiger partial charge in [0.15, 0.2) is 11.6 Å². The van der Waals surface area contributed by atoms with E-state index in [2.05, 4.69) is 9.97 Å². The lowest BCUT2D eigenvalue weighted by molar-refractivity contribution is 0.218. The molecule has 0 radical (unpaired) electrons. The largest absolute Gasteiger partial charge is 0.497 e. The Bertz CT molecular complexity index is 706. The molecule has 0 unspecified atom stereocenters. The van der Waals surface area contributed by atoms with Crippen LogP contribution in [0.3, 0.4) is 0 Å². The maximum Gasteiger partial charge on any atom is 0.183 e. The molecule has 1 aliphatic heterocycles. The number of ether oxygens (including phenoxy) is 2. The van der Waals surface area contributed by atoms with Crippen molar-refractivity contribution in [3.05, 3.63) is 41.6 Å². The van der Waals surface area contributed by atoms with Crippen molar-refractivity contribution in [2.75, 3.05) is 32.7 Å². The van der Waals surface area contributed by atoms with Gasteiger partial charge in [-0.1, -0.05) is 6.07 Å². The van der Waals surface area contributed by atoms with E-state index in [0.29, 0.717) is 24.7 Å². The zero-order valence-electron chi connectivity index (χ0n) is 13.5. The van der Waals surface area contributed by atoms with E-state index in [-0.39, 0.29) is 5.92 Å². The number of aromatic nitrogens is 2. The molecule has 1 aromatic heterocycles. The fraction of sp³-hybridized carbons (Fsp3) is 0.412. The third kappa shape index (κ3) is 3.36. The van der Waals surface area contributed by atoms with Crippen molar-refractivity contribution < 1.29 is 13.9 Å². The second-order valence-electron chi connectivity index (χ2n) is 5.91. The third-order valence-electron chi connectivity index (χ3n) is 3.93. The van der Waals surface area contributed by atoms with Gasteiger partial charge in [0.1, 0.15) is 17.3 Å². The van der Waals surface area contributed by atoms with Crippen molar-refractivity contribution in [2.45, 2.75) is 12.8 Å². The van der Waals surface area contributed by atoms with Crippen molar-refractivity contribution in [3.63, 3.8) is 0 Å². The van der Waals surface area contributed by atoms with E-state index in [9.17, 15) is 4.39 Å². The molecule has 2 aromatic rings. The minimum atomic E-state index is -0.406. The molecular formula is C17H20FN3O2. The molecule has 0 saturated carbocycles. The van der Waals surface area contributed by atoms with Crippen LogP contribution in [-0.4, -0.2) is 37.8 Å². The van der Waals surface area contributed by atoms with E-state index >= 15 is 0 Å². The van der Waals surface area contributed by atoms with E-state index < -0.39 is 5.82 Å². The summed E-state index contributed by atoms with van der Waals surface area (Å²) in [6.07, 6.45) is 2.78. The molecule has 2 heterocycles. The van der Waals surface area contributed by atoms with E-state index in [4.69, 9.17) is 9.47 Å². The highest BCUT2D eigenvalue weighted by Gasteiger charge is 2.22. The Morgan fingerprint density at radius 1 is 1.39 bits per heavy atom. The number of methoxy groups -OCH3 is 1. The number of halogens is 1. The third-order valence-corrected chi connectivity index (χ3v) is 3.93. The van der Waals surface area contributed by atoms with Gasteiger partial charge in [-0.2, -0.15) is 0 Å². The highest BCUT2D eigenvalue weighted by atomic mass is 19.1. The molecule has 0 saturated heterocycles. The normalized spacial score (nSPS) is 16.4. The van der Waals surface area contributed by atoms with Gasteiger partial charge in [0.05, 0.1) is 19.9 Å². The van der Waals surface area contributed by atoms with Crippen LogP contribution < -0.4 is 14.4 Å². The average Bonchev–Trinajstić information content (AvgIpc) is 2.56. The zero-order valence-corrected chi connectivity index (χ0v) is 13.5. The Morgan fingerprint density at radius 2 is 2.22 bits per heavy atom. The zero-order chi connectivity index (χ0) is 16.4. The Balaban J connectivity index is 1.73. The fourth-order valence-electron chi connectivity index (χ4n) is 2.74. The summed E-state index contributed by atoms with van der Waals surface area (Å²) in [5, 5.41) is 0. The van der Waals surface area contributed by atoms with Gasteiger partial charge in [-0.25, -0.2) is 14.4 Å². The summed E-state index contributed by atoms with van der Waals surface area (Å²) in [5.74, 6) is 2.49. The van der Waals surface area contributed by atoms with Crippen molar-refractivity contribution in [1.82, 2.24) is 9.97 Å². The predicted octanol–water partition coefficient (Wildman–Crippen LogP) is 2.48. The van der Waals surface area contributed by atoms with Crippen molar-refractivity contribution in [3.8, 4) is 11.5 Å². The van der Waals surface area contributed by atoms with Crippen LogP contribution in [0, 0.1) is 11.7 Å². The monoisotopic (exact) mass is 317 g/mol. The number of hydrogen-bond donors (Lipinski definition) is 0. The Labute approximate surface area is 135 Å². The van der Waals surface area contributed by atoms with Crippen molar-refractivity contribution in [1.29, 1.82) is 0 Å². The van der Waals surface area contributed by atoms with Crippen LogP contribution in [0.2, 0.25) is 0 Å². The minimum absolute atomic E-state index is 0.274. The molecule has 1 aromatic carbocycles. The quantitative estimate of drug-likeness (QED) is 0.867. The summed E-state index contributed by atoms with van der Waals surface area (Å²) in [6, 6.07) is 5.87. The molecule has 5 nitrogen and oxygen atoms in total. The predicted molar refractivity (Wildman–Crippen MR) is 85.7 cm³/mol. The summed E-state index contributed by atoms with van der Waals surface area (Å²) in [7, 11) is 5.17. The van der Waals surface area contributed by atoms with Gasteiger partial charge in [-0.15, -0.1) is 0 Å². The van der Waals surface area contributed by atoms with Crippen molar-refractivity contribution >= 4 is 5.82 Å². The van der Waals surface area contributed by atoms with Crippen LogP contribution in [0.15, 0.2) is 24.4 Å². The topological polar surface area (TPSA) is 47.5 Å². The molecule has 1 atom stereocenters. The van der Waals surface area contributed by atoms with Gasteiger partial charge in [0.2, 0.25) is 0 Å². The number of rotatable bonds is 4. The molecule has 0 fully saturated rings. The summed E-state index contributed by atoms with van der Waals surface area (Å²) in [5.41, 5.74) is 1.15. The lowest BCUT2D eigenvalue weighted by atomic mass is 9.93. The van der Waals surface area contributed by atoms with Gasteiger partial charge in [-0.05, 0) is 18.1 Å². The van der Waals surface area contributed by atoms with E-state index in [1.165, 1.54) is 6.20 Å². The highest BCUT2D eigenvalue weighted by Crippen LogP contribution is 2.32. The van der Waals surface area contributed by atoms with Crippen molar-refractivity contribution in [2.24, 2.45) is 5.92 Å². The van der Waals surface area contributed by atoms with Crippen LogP contribution in [0.4, 0.5) is 10.2 Å². The molecule has 3 rings (SSSR count). The van der Waals surface area contributed by atoms with Gasteiger partial charge in [-0.3, -0.25) is 0 Å². The molecule has 0 spiro atoms. The molecule has 6 heteroatoms. The summed E-state index contributed by atoms with van der Waals surface area (Å²) in [4.78, 5) is 10.1. The summed E-state index contributed by atoms with van der Waals surface area (Å²) in [6.45, 7) is 0.595. The lowest BCUT2D eigenvalue weighted by Gasteiger charge is -2.25. The molecule has 0 aliphatic carbocycles.